The summed E-state index contributed by atoms with van der Waals surface area (Å²) in [5, 5.41) is 1.05. The van der Waals surface area contributed by atoms with E-state index in [4.69, 9.17) is 15.0 Å². The lowest BCUT2D eigenvalue weighted by Gasteiger charge is -2.42. The Morgan fingerprint density at radius 3 is 3.00 bits per heavy atom. The topological polar surface area (TPSA) is 85.8 Å². The minimum absolute atomic E-state index is 0.267. The van der Waals surface area contributed by atoms with Gasteiger partial charge in [0.15, 0.2) is 0 Å². The van der Waals surface area contributed by atoms with Crippen molar-refractivity contribution in [1.82, 2.24) is 5.06 Å². The molecule has 2 heterocycles. The molecule has 0 radical (unpaired) electrons. The number of nitrogens with zero attached hydrogens (tertiary/aromatic N) is 1. The molecular weight excluding hydrogens is 224 g/mol. The SMILES string of the molecule is CC(=O)ON1C(=O)C(N)C1CCc1ccco1. The molecule has 2 rings (SSSR count). The number of amides is 1. The first-order chi connectivity index (χ1) is 8.09. The molecule has 1 saturated heterocycles. The standard InChI is InChI=1S/C11H14N2O4/c1-7(14)17-13-9(10(12)11(13)15)5-4-8-3-2-6-16-8/h2-3,6,9-10H,4-5,12H2,1H3. The number of nitrogens with two attached hydrogens (primary N) is 1. The van der Waals surface area contributed by atoms with Crippen LogP contribution in [-0.2, 0) is 20.8 Å². The van der Waals surface area contributed by atoms with Crippen molar-refractivity contribution >= 4 is 11.9 Å². The first-order valence-electron chi connectivity index (χ1n) is 5.39. The molecule has 2 N–H and O–H groups in total. The second kappa shape index (κ2) is 4.58. The van der Waals surface area contributed by atoms with Crippen LogP contribution in [-0.4, -0.2) is 29.0 Å². The molecule has 2 atom stereocenters. The van der Waals surface area contributed by atoms with Crippen LogP contribution in [0.1, 0.15) is 19.1 Å². The van der Waals surface area contributed by atoms with E-state index in [0.717, 1.165) is 10.8 Å². The van der Waals surface area contributed by atoms with Crippen molar-refractivity contribution in [2.24, 2.45) is 5.73 Å². The average molecular weight is 238 g/mol. The van der Waals surface area contributed by atoms with Crippen molar-refractivity contribution in [3.63, 3.8) is 0 Å². The predicted molar refractivity (Wildman–Crippen MR) is 57.4 cm³/mol. The van der Waals surface area contributed by atoms with Crippen LogP contribution < -0.4 is 5.73 Å². The molecular formula is C11H14N2O4. The average Bonchev–Trinajstić information content (AvgIpc) is 2.80. The van der Waals surface area contributed by atoms with Gasteiger partial charge in [-0.2, -0.15) is 5.06 Å². The third kappa shape index (κ3) is 2.31. The Labute approximate surface area is 98.3 Å². The molecule has 92 valence electrons. The Morgan fingerprint density at radius 2 is 2.41 bits per heavy atom. The summed E-state index contributed by atoms with van der Waals surface area (Å²) >= 11 is 0. The third-order valence-corrected chi connectivity index (χ3v) is 2.71. The Bertz CT molecular complexity index is 415. The monoisotopic (exact) mass is 238 g/mol. The van der Waals surface area contributed by atoms with Crippen LogP contribution in [0.3, 0.4) is 0 Å². The number of furan rings is 1. The van der Waals surface area contributed by atoms with Gasteiger partial charge in [0, 0.05) is 13.3 Å². The van der Waals surface area contributed by atoms with Gasteiger partial charge in [-0.1, -0.05) is 0 Å². The van der Waals surface area contributed by atoms with E-state index >= 15 is 0 Å². The molecule has 1 amide bonds. The molecule has 6 nitrogen and oxygen atoms in total. The van der Waals surface area contributed by atoms with Gasteiger partial charge < -0.3 is 15.0 Å². The number of β-lactam (4-membered cyclic amide) rings is 1. The Kier molecular flexibility index (Phi) is 3.14. The van der Waals surface area contributed by atoms with Crippen LogP contribution in [0.4, 0.5) is 0 Å². The van der Waals surface area contributed by atoms with Crippen molar-refractivity contribution in [1.29, 1.82) is 0 Å². The van der Waals surface area contributed by atoms with E-state index in [-0.39, 0.29) is 11.9 Å². The van der Waals surface area contributed by atoms with Crippen LogP contribution in [0.2, 0.25) is 0 Å². The number of hydrogen-bond donors (Lipinski definition) is 1. The highest BCUT2D eigenvalue weighted by molar-refractivity contribution is 5.89. The maximum absolute atomic E-state index is 11.4. The van der Waals surface area contributed by atoms with Gasteiger partial charge in [-0.15, -0.1) is 0 Å². The summed E-state index contributed by atoms with van der Waals surface area (Å²) in [6.07, 6.45) is 2.84. The summed E-state index contributed by atoms with van der Waals surface area (Å²) in [5.74, 6) is -0.0581. The molecule has 2 unspecified atom stereocenters. The third-order valence-electron chi connectivity index (χ3n) is 2.71. The van der Waals surface area contributed by atoms with Crippen molar-refractivity contribution < 1.29 is 18.8 Å². The second-order valence-electron chi connectivity index (χ2n) is 3.96. The van der Waals surface area contributed by atoms with Gasteiger partial charge in [-0.3, -0.25) is 9.59 Å². The quantitative estimate of drug-likeness (QED) is 0.759. The number of carbonyl (C=O) groups is 2. The van der Waals surface area contributed by atoms with Crippen molar-refractivity contribution in [3.05, 3.63) is 24.2 Å². The second-order valence-corrected chi connectivity index (χ2v) is 3.96. The predicted octanol–water partition coefficient (Wildman–Crippen LogP) is 0.228. The highest BCUT2D eigenvalue weighted by atomic mass is 16.7. The highest BCUT2D eigenvalue weighted by Gasteiger charge is 2.47. The molecule has 1 fully saturated rings. The van der Waals surface area contributed by atoms with E-state index in [1.807, 2.05) is 6.07 Å². The molecule has 0 spiro atoms. The molecule has 0 aromatic carbocycles. The van der Waals surface area contributed by atoms with Gasteiger partial charge in [-0.05, 0) is 18.6 Å². The maximum Gasteiger partial charge on any atom is 0.329 e. The minimum Gasteiger partial charge on any atom is -0.469 e. The maximum atomic E-state index is 11.4. The molecule has 1 aliphatic heterocycles. The Hall–Kier alpha value is -1.82. The lowest BCUT2D eigenvalue weighted by Crippen LogP contribution is -2.68. The van der Waals surface area contributed by atoms with Crippen molar-refractivity contribution in [2.75, 3.05) is 0 Å². The van der Waals surface area contributed by atoms with E-state index < -0.39 is 12.0 Å². The Balaban J connectivity index is 1.90. The molecule has 1 aromatic rings. The van der Waals surface area contributed by atoms with Gasteiger partial charge >= 0.3 is 5.97 Å². The largest absolute Gasteiger partial charge is 0.469 e. The van der Waals surface area contributed by atoms with Crippen LogP contribution in [0, 0.1) is 0 Å². The lowest BCUT2D eigenvalue weighted by molar-refractivity contribution is -0.229. The molecule has 6 heteroatoms. The molecule has 0 bridgehead atoms. The van der Waals surface area contributed by atoms with Gasteiger partial charge in [-0.25, -0.2) is 0 Å². The summed E-state index contributed by atoms with van der Waals surface area (Å²) in [7, 11) is 0. The van der Waals surface area contributed by atoms with Gasteiger partial charge in [0.2, 0.25) is 0 Å². The fourth-order valence-corrected chi connectivity index (χ4v) is 1.83. The van der Waals surface area contributed by atoms with Crippen LogP contribution in [0.15, 0.2) is 22.8 Å². The number of rotatable bonds is 4. The summed E-state index contributed by atoms with van der Waals surface area (Å²) in [4.78, 5) is 27.0. The molecule has 0 aliphatic carbocycles. The van der Waals surface area contributed by atoms with Crippen LogP contribution in [0.5, 0.6) is 0 Å². The summed E-state index contributed by atoms with van der Waals surface area (Å²) < 4.78 is 5.18. The summed E-state index contributed by atoms with van der Waals surface area (Å²) in [6, 6.07) is 2.79. The Morgan fingerprint density at radius 1 is 1.65 bits per heavy atom. The number of hydroxylamine groups is 2. The lowest BCUT2D eigenvalue weighted by atomic mass is 9.94. The minimum atomic E-state index is -0.593. The normalized spacial score (nSPS) is 23.4. The molecule has 1 aliphatic rings. The van der Waals surface area contributed by atoms with E-state index in [9.17, 15) is 9.59 Å². The van der Waals surface area contributed by atoms with Gasteiger partial charge in [0.1, 0.15) is 11.8 Å². The zero-order valence-corrected chi connectivity index (χ0v) is 9.46. The van der Waals surface area contributed by atoms with E-state index in [1.165, 1.54) is 6.92 Å². The molecule has 17 heavy (non-hydrogen) atoms. The fourth-order valence-electron chi connectivity index (χ4n) is 1.83. The van der Waals surface area contributed by atoms with Gasteiger partial charge in [0.05, 0.1) is 12.3 Å². The van der Waals surface area contributed by atoms with Crippen LogP contribution in [0.25, 0.3) is 0 Å². The van der Waals surface area contributed by atoms with E-state index in [0.29, 0.717) is 12.8 Å². The number of aryl methyl sites for hydroxylation is 1. The van der Waals surface area contributed by atoms with Crippen molar-refractivity contribution in [2.45, 2.75) is 31.8 Å². The summed E-state index contributed by atoms with van der Waals surface area (Å²) in [6.45, 7) is 1.25. The van der Waals surface area contributed by atoms with E-state index in [1.54, 1.807) is 12.3 Å². The molecule has 1 aromatic heterocycles. The zero-order chi connectivity index (χ0) is 12.4. The number of hydrogen-bond acceptors (Lipinski definition) is 5. The summed E-state index contributed by atoms with van der Waals surface area (Å²) in [5.41, 5.74) is 5.66. The smallest absolute Gasteiger partial charge is 0.329 e. The zero-order valence-electron chi connectivity index (χ0n) is 9.46. The van der Waals surface area contributed by atoms with E-state index in [2.05, 4.69) is 0 Å². The van der Waals surface area contributed by atoms with Crippen LogP contribution >= 0.6 is 0 Å². The molecule has 0 saturated carbocycles. The fraction of sp³-hybridized carbons (Fsp3) is 0.455. The first-order valence-corrected chi connectivity index (χ1v) is 5.39. The van der Waals surface area contributed by atoms with Gasteiger partial charge in [0.25, 0.3) is 5.91 Å². The highest BCUT2D eigenvalue weighted by Crippen LogP contribution is 2.23. The first kappa shape index (κ1) is 11.7. The van der Waals surface area contributed by atoms with Crippen molar-refractivity contribution in [3.8, 4) is 0 Å². The number of carbonyl (C=O) groups excluding carboxylic acids is 2.